The summed E-state index contributed by atoms with van der Waals surface area (Å²) in [5.41, 5.74) is 3.99. The van der Waals surface area contributed by atoms with Crippen LogP contribution in [0, 0.1) is 0 Å². The highest BCUT2D eigenvalue weighted by Crippen LogP contribution is 2.42. The Kier molecular flexibility index (Phi) is 5.44. The van der Waals surface area contributed by atoms with Crippen LogP contribution in [0.3, 0.4) is 0 Å². The lowest BCUT2D eigenvalue weighted by molar-refractivity contribution is 0.344. The molecule has 0 bridgehead atoms. The number of ether oxygens (including phenoxy) is 1. The van der Waals surface area contributed by atoms with E-state index in [4.69, 9.17) is 4.74 Å². The van der Waals surface area contributed by atoms with Gasteiger partial charge >= 0.3 is 0 Å². The number of benzene rings is 2. The number of sulfonamides is 1. The first-order valence-electron chi connectivity index (χ1n) is 10.1. The van der Waals surface area contributed by atoms with E-state index in [0.29, 0.717) is 13.0 Å². The molecule has 0 saturated carbocycles. The molecule has 2 atom stereocenters. The molecule has 2 aliphatic heterocycles. The maximum Gasteiger partial charge on any atom is 0.232 e. The summed E-state index contributed by atoms with van der Waals surface area (Å²) in [5, 5.41) is 3.67. The second-order valence-corrected chi connectivity index (χ2v) is 9.81. The minimum absolute atomic E-state index is 0.207. The number of hydrogen-bond acceptors (Lipinski definition) is 5. The summed E-state index contributed by atoms with van der Waals surface area (Å²) in [6, 6.07) is 14.9. The fourth-order valence-corrected chi connectivity index (χ4v) is 5.58. The molecule has 1 fully saturated rings. The van der Waals surface area contributed by atoms with E-state index < -0.39 is 10.0 Å². The van der Waals surface area contributed by atoms with Gasteiger partial charge in [0.2, 0.25) is 10.0 Å². The molecule has 0 unspecified atom stereocenters. The highest BCUT2D eigenvalue weighted by atomic mass is 32.2. The van der Waals surface area contributed by atoms with Gasteiger partial charge in [0.25, 0.3) is 0 Å². The Balaban J connectivity index is 1.73. The fourth-order valence-electron chi connectivity index (χ4n) is 4.63. The molecule has 0 amide bonds. The first kappa shape index (κ1) is 20.0. The molecule has 2 aromatic rings. The van der Waals surface area contributed by atoms with Crippen molar-refractivity contribution in [1.29, 1.82) is 0 Å². The van der Waals surface area contributed by atoms with Crippen molar-refractivity contribution in [2.45, 2.75) is 31.3 Å². The van der Waals surface area contributed by atoms with Gasteiger partial charge in [-0.25, -0.2) is 8.42 Å². The maximum atomic E-state index is 12.2. The van der Waals surface area contributed by atoms with Crippen LogP contribution in [0.1, 0.15) is 30.0 Å². The van der Waals surface area contributed by atoms with Gasteiger partial charge in [-0.1, -0.05) is 30.3 Å². The monoisotopic (exact) mass is 415 g/mol. The fraction of sp³-hybridized carbons (Fsp3) is 0.455. The smallest absolute Gasteiger partial charge is 0.232 e. The summed E-state index contributed by atoms with van der Waals surface area (Å²) >= 11 is 0. The van der Waals surface area contributed by atoms with Crippen molar-refractivity contribution in [3.05, 3.63) is 53.6 Å². The number of piperidine rings is 1. The quantitative estimate of drug-likeness (QED) is 0.814. The van der Waals surface area contributed by atoms with Crippen LogP contribution in [0.4, 0.5) is 11.4 Å². The number of nitrogens with zero attached hydrogens (tertiary/aromatic N) is 2. The second kappa shape index (κ2) is 7.88. The normalized spacial score (nSPS) is 21.7. The lowest BCUT2D eigenvalue weighted by atomic mass is 9.91. The summed E-state index contributed by atoms with van der Waals surface area (Å²) in [6.07, 6.45) is 4.13. The van der Waals surface area contributed by atoms with E-state index in [9.17, 15) is 8.42 Å². The molecule has 2 aromatic carbocycles. The number of fused-ring (bicyclic) bond motifs is 1. The van der Waals surface area contributed by atoms with E-state index in [1.807, 2.05) is 18.2 Å². The van der Waals surface area contributed by atoms with Crippen LogP contribution >= 0.6 is 0 Å². The van der Waals surface area contributed by atoms with Gasteiger partial charge in [-0.2, -0.15) is 0 Å². The van der Waals surface area contributed by atoms with Crippen LogP contribution in [0.5, 0.6) is 5.75 Å². The zero-order valence-electron chi connectivity index (χ0n) is 17.3. The van der Waals surface area contributed by atoms with Gasteiger partial charge in [0.05, 0.1) is 30.8 Å². The molecule has 7 heteroatoms. The summed E-state index contributed by atoms with van der Waals surface area (Å²) < 4.78 is 31.7. The number of anilines is 2. The lowest BCUT2D eigenvalue weighted by Gasteiger charge is -2.40. The predicted molar refractivity (Wildman–Crippen MR) is 117 cm³/mol. The van der Waals surface area contributed by atoms with Crippen LogP contribution in [-0.2, 0) is 16.4 Å². The van der Waals surface area contributed by atoms with Crippen molar-refractivity contribution >= 4 is 21.4 Å². The average molecular weight is 416 g/mol. The Morgan fingerprint density at radius 2 is 1.97 bits per heavy atom. The van der Waals surface area contributed by atoms with E-state index in [-0.39, 0.29) is 12.1 Å². The number of rotatable bonds is 5. The first-order valence-corrected chi connectivity index (χ1v) is 11.9. The summed E-state index contributed by atoms with van der Waals surface area (Å²) in [6.45, 7) is 1.48. The Morgan fingerprint density at radius 3 is 2.66 bits per heavy atom. The Bertz CT molecular complexity index is 978. The lowest BCUT2D eigenvalue weighted by Crippen LogP contribution is -2.47. The number of nitrogens with one attached hydrogen (secondary N) is 1. The van der Waals surface area contributed by atoms with Crippen molar-refractivity contribution in [1.82, 2.24) is 5.32 Å². The summed E-state index contributed by atoms with van der Waals surface area (Å²) in [5.74, 6) is 0.791. The first-order chi connectivity index (χ1) is 13.9. The number of likely N-dealkylation sites (N-methyl/N-ethyl adjacent to an activating group) is 1. The Morgan fingerprint density at radius 1 is 1.21 bits per heavy atom. The van der Waals surface area contributed by atoms with Gasteiger partial charge in [0, 0.05) is 19.6 Å². The minimum Gasteiger partial charge on any atom is -0.495 e. The van der Waals surface area contributed by atoms with Gasteiger partial charge < -0.3 is 15.0 Å². The van der Waals surface area contributed by atoms with Gasteiger partial charge in [0.15, 0.2) is 0 Å². The molecule has 6 nitrogen and oxygen atoms in total. The van der Waals surface area contributed by atoms with Crippen molar-refractivity contribution in [2.24, 2.45) is 0 Å². The van der Waals surface area contributed by atoms with Crippen LogP contribution in [0.15, 0.2) is 42.5 Å². The van der Waals surface area contributed by atoms with Gasteiger partial charge in [-0.05, 0) is 49.1 Å². The minimum atomic E-state index is -3.29. The molecule has 0 aliphatic carbocycles. The van der Waals surface area contributed by atoms with Crippen molar-refractivity contribution < 1.29 is 13.2 Å². The second-order valence-electron chi connectivity index (χ2n) is 7.90. The van der Waals surface area contributed by atoms with Crippen LogP contribution in [0.2, 0.25) is 0 Å². The van der Waals surface area contributed by atoms with E-state index in [1.165, 1.54) is 16.1 Å². The molecule has 0 aromatic heterocycles. The van der Waals surface area contributed by atoms with Crippen LogP contribution in [-0.4, -0.2) is 48.0 Å². The molecule has 0 spiro atoms. The average Bonchev–Trinajstić information content (AvgIpc) is 3.16. The third-order valence-electron chi connectivity index (χ3n) is 6.10. The molecule has 2 heterocycles. The van der Waals surface area contributed by atoms with E-state index in [0.717, 1.165) is 42.1 Å². The number of hydrogen-bond donors (Lipinski definition) is 1. The molecular formula is C22H29N3O3S. The van der Waals surface area contributed by atoms with Gasteiger partial charge in [-0.3, -0.25) is 4.31 Å². The van der Waals surface area contributed by atoms with Crippen molar-refractivity contribution in [3.8, 4) is 5.75 Å². The molecule has 0 radical (unpaired) electrons. The van der Waals surface area contributed by atoms with Crippen LogP contribution < -0.4 is 19.3 Å². The topological polar surface area (TPSA) is 61.9 Å². The SMILES string of the molecule is COc1cc2c(cc1N(C)[C@H]1CCCN[C@H]1c1ccccc1)N(S(C)(=O)=O)CC2. The standard InChI is InChI=1S/C22H29N3O3S/c1-24(18-10-7-12-23-22(18)16-8-5-4-6-9-16)20-15-19-17(14-21(20)28-2)11-13-25(19)29(3,26)27/h4-6,8-9,14-15,18,22-23H,7,10-13H2,1-3H3/t18-,22-/m0/s1. The van der Waals surface area contributed by atoms with E-state index in [1.54, 1.807) is 7.11 Å². The summed E-state index contributed by atoms with van der Waals surface area (Å²) in [4.78, 5) is 2.25. The third kappa shape index (κ3) is 3.81. The molecule has 1 N–H and O–H groups in total. The van der Waals surface area contributed by atoms with Crippen LogP contribution in [0.25, 0.3) is 0 Å². The number of methoxy groups -OCH3 is 1. The van der Waals surface area contributed by atoms with Crippen molar-refractivity contribution in [3.63, 3.8) is 0 Å². The zero-order chi connectivity index (χ0) is 20.6. The zero-order valence-corrected chi connectivity index (χ0v) is 18.1. The van der Waals surface area contributed by atoms with E-state index >= 15 is 0 Å². The molecule has 4 rings (SSSR count). The molecule has 1 saturated heterocycles. The maximum absolute atomic E-state index is 12.2. The Hall–Kier alpha value is -2.25. The van der Waals surface area contributed by atoms with Gasteiger partial charge in [-0.15, -0.1) is 0 Å². The predicted octanol–water partition coefficient (Wildman–Crippen LogP) is 2.95. The highest BCUT2D eigenvalue weighted by molar-refractivity contribution is 7.92. The van der Waals surface area contributed by atoms with Gasteiger partial charge in [0.1, 0.15) is 5.75 Å². The molecular weight excluding hydrogens is 386 g/mol. The van der Waals surface area contributed by atoms with E-state index in [2.05, 4.69) is 41.5 Å². The summed E-state index contributed by atoms with van der Waals surface area (Å²) in [7, 11) is 0.463. The molecule has 156 valence electrons. The third-order valence-corrected chi connectivity index (χ3v) is 7.28. The Labute approximate surface area is 173 Å². The highest BCUT2D eigenvalue weighted by Gasteiger charge is 2.33. The largest absolute Gasteiger partial charge is 0.495 e. The molecule has 2 aliphatic rings. The van der Waals surface area contributed by atoms with Crippen molar-refractivity contribution in [2.75, 3.05) is 42.7 Å². The molecule has 29 heavy (non-hydrogen) atoms.